The van der Waals surface area contributed by atoms with E-state index in [1.54, 1.807) is 12.1 Å². The summed E-state index contributed by atoms with van der Waals surface area (Å²) in [6.45, 7) is 0.985. The maximum absolute atomic E-state index is 11.8. The summed E-state index contributed by atoms with van der Waals surface area (Å²) in [5.74, 6) is -0.235. The van der Waals surface area contributed by atoms with Crippen molar-refractivity contribution in [3.8, 4) is 0 Å². The Morgan fingerprint density at radius 3 is 2.53 bits per heavy atom. The number of benzene rings is 1. The van der Waals surface area contributed by atoms with Gasteiger partial charge in [-0.2, -0.15) is 0 Å². The van der Waals surface area contributed by atoms with E-state index in [0.717, 1.165) is 3.57 Å². The van der Waals surface area contributed by atoms with Gasteiger partial charge in [0.2, 0.25) is 0 Å². The minimum Gasteiger partial charge on any atom is -0.336 e. The van der Waals surface area contributed by atoms with Gasteiger partial charge < -0.3 is 5.32 Å². The third kappa shape index (κ3) is 2.11. The number of urea groups is 1. The molecule has 1 aliphatic heterocycles. The van der Waals surface area contributed by atoms with Gasteiger partial charge >= 0.3 is 6.03 Å². The highest BCUT2D eigenvalue weighted by Crippen LogP contribution is 2.10. The first-order valence-electron chi connectivity index (χ1n) is 4.54. The maximum atomic E-state index is 11.8. The summed E-state index contributed by atoms with van der Waals surface area (Å²) in [6, 6.07) is 6.85. The topological polar surface area (TPSA) is 49.4 Å². The standard InChI is InChI=1S/C10H9IN2O2/c11-8-3-1-7(2-4-8)9(14)13-6-5-12-10(13)15/h1-4H,5-6H2,(H,12,15). The third-order valence-electron chi connectivity index (χ3n) is 2.19. The van der Waals surface area contributed by atoms with Crippen LogP contribution in [0.4, 0.5) is 4.79 Å². The Balaban J connectivity index is 2.20. The second-order valence-electron chi connectivity index (χ2n) is 3.20. The summed E-state index contributed by atoms with van der Waals surface area (Å²) >= 11 is 2.17. The Morgan fingerprint density at radius 1 is 1.33 bits per heavy atom. The van der Waals surface area contributed by atoms with Crippen molar-refractivity contribution in [2.45, 2.75) is 0 Å². The lowest BCUT2D eigenvalue weighted by Gasteiger charge is -2.11. The molecule has 0 spiro atoms. The zero-order valence-electron chi connectivity index (χ0n) is 7.87. The molecule has 1 aromatic carbocycles. The normalized spacial score (nSPS) is 15.3. The van der Waals surface area contributed by atoms with Crippen molar-refractivity contribution in [3.63, 3.8) is 0 Å². The van der Waals surface area contributed by atoms with Gasteiger partial charge in [-0.1, -0.05) is 0 Å². The first kappa shape index (κ1) is 10.4. The Bertz CT molecular complexity index is 402. The molecule has 0 saturated carbocycles. The molecule has 4 nitrogen and oxygen atoms in total. The highest BCUT2D eigenvalue weighted by atomic mass is 127. The first-order valence-corrected chi connectivity index (χ1v) is 5.61. The molecule has 1 aromatic rings. The van der Waals surface area contributed by atoms with Gasteiger partial charge in [0.25, 0.3) is 5.91 Å². The summed E-state index contributed by atoms with van der Waals surface area (Å²) in [5, 5.41) is 2.60. The second kappa shape index (κ2) is 4.18. The fourth-order valence-corrected chi connectivity index (χ4v) is 1.77. The monoisotopic (exact) mass is 316 g/mol. The molecule has 0 bridgehead atoms. The van der Waals surface area contributed by atoms with Crippen LogP contribution >= 0.6 is 22.6 Å². The molecule has 2 rings (SSSR count). The molecular weight excluding hydrogens is 307 g/mol. The molecule has 1 aliphatic rings. The number of amides is 3. The summed E-state index contributed by atoms with van der Waals surface area (Å²) in [4.78, 5) is 24.3. The molecule has 0 aromatic heterocycles. The minimum absolute atomic E-state index is 0.235. The highest BCUT2D eigenvalue weighted by molar-refractivity contribution is 14.1. The molecule has 1 N–H and O–H groups in total. The van der Waals surface area contributed by atoms with Crippen LogP contribution < -0.4 is 5.32 Å². The van der Waals surface area contributed by atoms with E-state index < -0.39 is 0 Å². The van der Waals surface area contributed by atoms with Gasteiger partial charge in [0.05, 0.1) is 0 Å². The maximum Gasteiger partial charge on any atom is 0.324 e. The Kier molecular flexibility index (Phi) is 2.90. The fourth-order valence-electron chi connectivity index (χ4n) is 1.41. The van der Waals surface area contributed by atoms with Crippen molar-refractivity contribution in [1.29, 1.82) is 0 Å². The van der Waals surface area contributed by atoms with Gasteiger partial charge in [-0.25, -0.2) is 4.79 Å². The van der Waals surface area contributed by atoms with Crippen molar-refractivity contribution in [2.24, 2.45) is 0 Å². The van der Waals surface area contributed by atoms with Crippen molar-refractivity contribution in [2.75, 3.05) is 13.1 Å². The van der Waals surface area contributed by atoms with Gasteiger partial charge in [-0.05, 0) is 46.9 Å². The highest BCUT2D eigenvalue weighted by Gasteiger charge is 2.26. The Morgan fingerprint density at radius 2 is 2.00 bits per heavy atom. The lowest BCUT2D eigenvalue weighted by molar-refractivity contribution is 0.0829. The SMILES string of the molecule is O=C1NCCN1C(=O)c1ccc(I)cc1. The molecule has 15 heavy (non-hydrogen) atoms. The van der Waals surface area contributed by atoms with Crippen molar-refractivity contribution < 1.29 is 9.59 Å². The summed E-state index contributed by atoms with van der Waals surface area (Å²) in [7, 11) is 0. The van der Waals surface area contributed by atoms with Crippen molar-refractivity contribution in [3.05, 3.63) is 33.4 Å². The van der Waals surface area contributed by atoms with Crippen LogP contribution in [0.15, 0.2) is 24.3 Å². The number of halogens is 1. The summed E-state index contributed by atoms with van der Waals surface area (Å²) in [5.41, 5.74) is 0.549. The van der Waals surface area contributed by atoms with E-state index in [0.29, 0.717) is 18.7 Å². The number of nitrogens with one attached hydrogen (secondary N) is 1. The quantitative estimate of drug-likeness (QED) is 0.798. The number of carbonyl (C=O) groups excluding carboxylic acids is 2. The molecule has 1 fully saturated rings. The molecule has 5 heteroatoms. The number of hydrogen-bond donors (Lipinski definition) is 1. The van der Waals surface area contributed by atoms with Crippen LogP contribution in [0.3, 0.4) is 0 Å². The van der Waals surface area contributed by atoms with E-state index in [9.17, 15) is 9.59 Å². The van der Waals surface area contributed by atoms with Crippen LogP contribution in [0.5, 0.6) is 0 Å². The third-order valence-corrected chi connectivity index (χ3v) is 2.91. The predicted molar refractivity (Wildman–Crippen MR) is 63.6 cm³/mol. The summed E-state index contributed by atoms with van der Waals surface area (Å²) in [6.07, 6.45) is 0. The molecule has 1 heterocycles. The number of carbonyl (C=O) groups is 2. The Hall–Kier alpha value is -1.11. The van der Waals surface area contributed by atoms with Crippen LogP contribution in [-0.4, -0.2) is 29.9 Å². The van der Waals surface area contributed by atoms with E-state index >= 15 is 0 Å². The smallest absolute Gasteiger partial charge is 0.324 e. The van der Waals surface area contributed by atoms with Gasteiger partial charge in [-0.15, -0.1) is 0 Å². The molecule has 0 radical (unpaired) electrons. The lowest BCUT2D eigenvalue weighted by atomic mass is 10.2. The minimum atomic E-state index is -0.307. The number of imide groups is 1. The van der Waals surface area contributed by atoms with Crippen molar-refractivity contribution >= 4 is 34.5 Å². The lowest BCUT2D eigenvalue weighted by Crippen LogP contribution is -2.34. The van der Waals surface area contributed by atoms with Crippen LogP contribution in [-0.2, 0) is 0 Å². The second-order valence-corrected chi connectivity index (χ2v) is 4.44. The zero-order valence-corrected chi connectivity index (χ0v) is 10.0. The van der Waals surface area contributed by atoms with Crippen LogP contribution in [0.25, 0.3) is 0 Å². The van der Waals surface area contributed by atoms with Crippen LogP contribution in [0.2, 0.25) is 0 Å². The molecule has 3 amide bonds. The average Bonchev–Trinajstić information content (AvgIpc) is 2.65. The van der Waals surface area contributed by atoms with Gasteiger partial charge in [0, 0.05) is 22.2 Å². The van der Waals surface area contributed by atoms with Crippen LogP contribution in [0.1, 0.15) is 10.4 Å². The van der Waals surface area contributed by atoms with Gasteiger partial charge in [0.1, 0.15) is 0 Å². The molecular formula is C10H9IN2O2. The Labute approximate surface area is 101 Å². The van der Waals surface area contributed by atoms with E-state index in [4.69, 9.17) is 0 Å². The largest absolute Gasteiger partial charge is 0.336 e. The predicted octanol–water partition coefficient (Wildman–Crippen LogP) is 1.46. The van der Waals surface area contributed by atoms with E-state index in [-0.39, 0.29) is 11.9 Å². The van der Waals surface area contributed by atoms with E-state index in [1.165, 1.54) is 4.90 Å². The molecule has 0 unspecified atom stereocenters. The summed E-state index contributed by atoms with van der Waals surface area (Å²) < 4.78 is 1.06. The average molecular weight is 316 g/mol. The molecule has 1 saturated heterocycles. The zero-order chi connectivity index (χ0) is 10.8. The van der Waals surface area contributed by atoms with E-state index in [2.05, 4.69) is 27.9 Å². The number of nitrogens with zero attached hydrogens (tertiary/aromatic N) is 1. The number of hydrogen-bond acceptors (Lipinski definition) is 2. The van der Waals surface area contributed by atoms with Gasteiger partial charge in [-0.3, -0.25) is 9.69 Å². The molecule has 78 valence electrons. The van der Waals surface area contributed by atoms with Crippen molar-refractivity contribution in [1.82, 2.24) is 10.2 Å². The fraction of sp³-hybridized carbons (Fsp3) is 0.200. The van der Waals surface area contributed by atoms with E-state index in [1.807, 2.05) is 12.1 Å². The molecule has 0 atom stereocenters. The van der Waals surface area contributed by atoms with Gasteiger partial charge in [0.15, 0.2) is 0 Å². The number of rotatable bonds is 1. The first-order chi connectivity index (χ1) is 7.18. The van der Waals surface area contributed by atoms with Crippen LogP contribution in [0, 0.1) is 3.57 Å². The molecule has 0 aliphatic carbocycles.